The van der Waals surface area contributed by atoms with Gasteiger partial charge in [-0.3, -0.25) is 9.59 Å². The van der Waals surface area contributed by atoms with Crippen LogP contribution in [0, 0.1) is 18.3 Å². The van der Waals surface area contributed by atoms with Crippen molar-refractivity contribution in [3.8, 4) is 23.8 Å². The van der Waals surface area contributed by atoms with Gasteiger partial charge in [0.05, 0.1) is 7.11 Å². The van der Waals surface area contributed by atoms with Crippen molar-refractivity contribution in [1.29, 1.82) is 0 Å². The average molecular weight is 458 g/mol. The number of terminal acetylenes is 1. The summed E-state index contributed by atoms with van der Waals surface area (Å²) in [6.45, 7) is 4.02. The Morgan fingerprint density at radius 2 is 2.09 bits per heavy atom. The summed E-state index contributed by atoms with van der Waals surface area (Å²) in [5, 5.41) is 6.21. The molecule has 0 saturated carbocycles. The van der Waals surface area contributed by atoms with E-state index in [9.17, 15) is 9.59 Å². The summed E-state index contributed by atoms with van der Waals surface area (Å²) in [5.41, 5.74) is 3.41. The highest BCUT2D eigenvalue weighted by Gasteiger charge is 2.40. The molecule has 7 nitrogen and oxygen atoms in total. The number of nitrogens with one attached hydrogen (secondary N) is 2. The molecule has 2 atom stereocenters. The van der Waals surface area contributed by atoms with E-state index in [-0.39, 0.29) is 24.2 Å². The highest BCUT2D eigenvalue weighted by Crippen LogP contribution is 2.45. The fraction of sp³-hybridized carbons (Fsp3) is 0.296. The lowest BCUT2D eigenvalue weighted by Crippen LogP contribution is -2.37. The van der Waals surface area contributed by atoms with Crippen molar-refractivity contribution < 1.29 is 19.1 Å². The quantitative estimate of drug-likeness (QED) is 0.639. The molecule has 0 unspecified atom stereocenters. The van der Waals surface area contributed by atoms with Gasteiger partial charge in [0.25, 0.3) is 5.91 Å². The number of anilines is 1. The van der Waals surface area contributed by atoms with E-state index in [2.05, 4.69) is 28.5 Å². The molecule has 0 radical (unpaired) electrons. The van der Waals surface area contributed by atoms with Crippen LogP contribution in [0.3, 0.4) is 0 Å². The first-order valence-electron chi connectivity index (χ1n) is 11.1. The minimum absolute atomic E-state index is 0.0357. The second kappa shape index (κ2) is 9.84. The van der Waals surface area contributed by atoms with Crippen molar-refractivity contribution in [3.05, 3.63) is 70.7 Å². The zero-order valence-electron chi connectivity index (χ0n) is 19.5. The van der Waals surface area contributed by atoms with Crippen molar-refractivity contribution in [3.63, 3.8) is 0 Å². The standard InChI is InChI=1S/C27H27N3O4/c1-5-12-34-21-10-9-18(15-22(21)33-4)25-24(27(32)30-23-8-6-7-11-28-23)17(3)29-19-13-16(2)14-20(31)26(19)25/h1,6-11,15-16,25,29H,12-14H2,2-4H3,(H,28,30,32)/t16-,25-/m1/s1. The first-order chi connectivity index (χ1) is 16.4. The Morgan fingerprint density at radius 3 is 2.79 bits per heavy atom. The number of ether oxygens (including phenoxy) is 2. The normalized spacial score (nSPS) is 19.6. The van der Waals surface area contributed by atoms with Crippen molar-refractivity contribution in [2.45, 2.75) is 32.6 Å². The lowest BCUT2D eigenvalue weighted by Gasteiger charge is -2.36. The number of ketones is 1. The van der Waals surface area contributed by atoms with Crippen molar-refractivity contribution in [1.82, 2.24) is 10.3 Å². The Bertz CT molecular complexity index is 1220. The number of nitrogens with zero attached hydrogens (tertiary/aromatic N) is 1. The third-order valence-electron chi connectivity index (χ3n) is 6.01. The lowest BCUT2D eigenvalue weighted by atomic mass is 9.73. The Balaban J connectivity index is 1.81. The Kier molecular flexibility index (Phi) is 6.69. The van der Waals surface area contributed by atoms with Crippen LogP contribution >= 0.6 is 0 Å². The summed E-state index contributed by atoms with van der Waals surface area (Å²) in [7, 11) is 1.54. The monoisotopic (exact) mass is 457 g/mol. The molecule has 0 fully saturated rings. The van der Waals surface area contributed by atoms with E-state index in [1.165, 1.54) is 7.11 Å². The molecule has 34 heavy (non-hydrogen) atoms. The van der Waals surface area contributed by atoms with E-state index in [1.54, 1.807) is 36.5 Å². The molecule has 174 valence electrons. The number of Topliss-reactive ketones (excluding diaryl/α,β-unsaturated/α-hetero) is 1. The maximum atomic E-state index is 13.5. The molecule has 1 aliphatic heterocycles. The third-order valence-corrected chi connectivity index (χ3v) is 6.01. The number of allylic oxidation sites excluding steroid dienone is 3. The third kappa shape index (κ3) is 4.53. The molecule has 1 aliphatic carbocycles. The van der Waals surface area contributed by atoms with Gasteiger partial charge in [0.15, 0.2) is 17.3 Å². The maximum Gasteiger partial charge on any atom is 0.255 e. The van der Waals surface area contributed by atoms with Gasteiger partial charge in [-0.1, -0.05) is 25.0 Å². The smallest absolute Gasteiger partial charge is 0.255 e. The Morgan fingerprint density at radius 1 is 1.26 bits per heavy atom. The van der Waals surface area contributed by atoms with Gasteiger partial charge in [-0.15, -0.1) is 6.42 Å². The minimum Gasteiger partial charge on any atom is -0.493 e. The van der Waals surface area contributed by atoms with Gasteiger partial charge >= 0.3 is 0 Å². The molecular weight excluding hydrogens is 430 g/mol. The molecule has 1 aromatic carbocycles. The number of benzene rings is 1. The molecule has 1 amide bonds. The van der Waals surface area contributed by atoms with Crippen molar-refractivity contribution >= 4 is 17.5 Å². The van der Waals surface area contributed by atoms with Crippen molar-refractivity contribution in [2.75, 3.05) is 19.0 Å². The molecule has 1 aromatic heterocycles. The zero-order chi connectivity index (χ0) is 24.2. The second-order valence-corrected chi connectivity index (χ2v) is 8.50. The molecule has 2 aromatic rings. The maximum absolute atomic E-state index is 13.5. The number of hydrogen-bond acceptors (Lipinski definition) is 6. The number of hydrogen-bond donors (Lipinski definition) is 2. The van der Waals surface area contributed by atoms with E-state index in [4.69, 9.17) is 15.9 Å². The number of methoxy groups -OCH3 is 1. The molecule has 2 aliphatic rings. The van der Waals surface area contributed by atoms with Crippen LogP contribution in [-0.4, -0.2) is 30.4 Å². The lowest BCUT2D eigenvalue weighted by molar-refractivity contribution is -0.117. The van der Waals surface area contributed by atoms with Gasteiger partial charge in [0, 0.05) is 41.1 Å². The van der Waals surface area contributed by atoms with Crippen LogP contribution in [0.15, 0.2) is 65.1 Å². The highest BCUT2D eigenvalue weighted by molar-refractivity contribution is 6.09. The first kappa shape index (κ1) is 23.1. The van der Waals surface area contributed by atoms with Gasteiger partial charge in [-0.05, 0) is 49.1 Å². The van der Waals surface area contributed by atoms with Crippen LogP contribution in [0.1, 0.15) is 38.2 Å². The summed E-state index contributed by atoms with van der Waals surface area (Å²) < 4.78 is 11.1. The molecular formula is C27H27N3O4. The highest BCUT2D eigenvalue weighted by atomic mass is 16.5. The van der Waals surface area contributed by atoms with Gasteiger partial charge in [-0.25, -0.2) is 4.98 Å². The average Bonchev–Trinajstić information content (AvgIpc) is 2.82. The Labute approximate surface area is 199 Å². The minimum atomic E-state index is -0.560. The number of amides is 1. The van der Waals surface area contributed by atoms with Crippen LogP contribution in [-0.2, 0) is 9.59 Å². The first-order valence-corrected chi connectivity index (χ1v) is 11.1. The predicted octanol–water partition coefficient (Wildman–Crippen LogP) is 3.95. The number of rotatable bonds is 6. The molecule has 7 heteroatoms. The van der Waals surface area contributed by atoms with Gasteiger partial charge < -0.3 is 20.1 Å². The molecule has 2 N–H and O–H groups in total. The van der Waals surface area contributed by atoms with Gasteiger partial charge in [-0.2, -0.15) is 0 Å². The van der Waals surface area contributed by atoms with Crippen LogP contribution < -0.4 is 20.1 Å². The SMILES string of the molecule is C#CCOc1ccc([C@@H]2C(C(=O)Nc3ccccn3)=C(C)NC3=C2C(=O)C[C@H](C)C3)cc1OC. The molecule has 4 rings (SSSR count). The number of dihydropyridines is 1. The number of aromatic nitrogens is 1. The van der Waals surface area contributed by atoms with Crippen LogP contribution in [0.4, 0.5) is 5.82 Å². The summed E-state index contributed by atoms with van der Waals surface area (Å²) >= 11 is 0. The fourth-order valence-electron chi connectivity index (χ4n) is 4.59. The van der Waals surface area contributed by atoms with Gasteiger partial charge in [0.2, 0.25) is 0 Å². The molecule has 0 spiro atoms. The van der Waals surface area contributed by atoms with Crippen molar-refractivity contribution in [2.24, 2.45) is 5.92 Å². The topological polar surface area (TPSA) is 89.5 Å². The molecule has 0 saturated heterocycles. The van der Waals surface area contributed by atoms with Gasteiger partial charge in [0.1, 0.15) is 12.4 Å². The molecule has 0 bridgehead atoms. The van der Waals surface area contributed by atoms with E-state index in [1.807, 2.05) is 13.0 Å². The summed E-state index contributed by atoms with van der Waals surface area (Å²) in [6, 6.07) is 10.7. The summed E-state index contributed by atoms with van der Waals surface area (Å²) in [6.07, 6.45) is 8.11. The number of carbonyl (C=O) groups is 2. The second-order valence-electron chi connectivity index (χ2n) is 8.50. The number of carbonyl (C=O) groups excluding carboxylic acids is 2. The van der Waals surface area contributed by atoms with E-state index in [0.717, 1.165) is 17.7 Å². The largest absolute Gasteiger partial charge is 0.493 e. The Hall–Kier alpha value is -4.05. The van der Waals surface area contributed by atoms with E-state index < -0.39 is 5.92 Å². The summed E-state index contributed by atoms with van der Waals surface area (Å²) in [4.78, 5) is 31.0. The van der Waals surface area contributed by atoms with Crippen LogP contribution in [0.2, 0.25) is 0 Å². The molecule has 2 heterocycles. The fourth-order valence-corrected chi connectivity index (χ4v) is 4.59. The van der Waals surface area contributed by atoms with E-state index in [0.29, 0.717) is 40.6 Å². The zero-order valence-corrected chi connectivity index (χ0v) is 19.5. The van der Waals surface area contributed by atoms with Crippen LogP contribution in [0.25, 0.3) is 0 Å². The van der Waals surface area contributed by atoms with Crippen LogP contribution in [0.5, 0.6) is 11.5 Å². The van der Waals surface area contributed by atoms with E-state index >= 15 is 0 Å². The predicted molar refractivity (Wildman–Crippen MR) is 129 cm³/mol. The summed E-state index contributed by atoms with van der Waals surface area (Å²) in [5.74, 6) is 3.23. The number of pyridine rings is 1.